The highest BCUT2D eigenvalue weighted by atomic mass is 35.5. The molecule has 2 atom stereocenters. The zero-order valence-electron chi connectivity index (χ0n) is 15.0. The average Bonchev–Trinajstić information content (AvgIpc) is 3.03. The van der Waals surface area contributed by atoms with Crippen LogP contribution in [0.1, 0.15) is 30.4 Å². The summed E-state index contributed by atoms with van der Waals surface area (Å²) >= 11 is 0. The molecule has 1 saturated carbocycles. The van der Waals surface area contributed by atoms with E-state index in [1.807, 2.05) is 0 Å². The van der Waals surface area contributed by atoms with Crippen LogP contribution in [0, 0.1) is 18.8 Å². The van der Waals surface area contributed by atoms with Gasteiger partial charge in [0.15, 0.2) is 0 Å². The van der Waals surface area contributed by atoms with Crippen molar-refractivity contribution in [1.82, 2.24) is 9.80 Å². The van der Waals surface area contributed by atoms with Crippen LogP contribution in [0.2, 0.25) is 0 Å². The van der Waals surface area contributed by atoms with Crippen molar-refractivity contribution in [3.63, 3.8) is 0 Å². The van der Waals surface area contributed by atoms with Gasteiger partial charge in [-0.3, -0.25) is 9.69 Å². The van der Waals surface area contributed by atoms with E-state index in [9.17, 15) is 4.79 Å². The lowest BCUT2D eigenvalue weighted by Crippen LogP contribution is -2.50. The molecule has 1 aromatic carbocycles. The summed E-state index contributed by atoms with van der Waals surface area (Å²) in [7, 11) is 0. The van der Waals surface area contributed by atoms with E-state index in [1.54, 1.807) is 0 Å². The van der Waals surface area contributed by atoms with Crippen molar-refractivity contribution >= 4 is 30.7 Å². The molecule has 0 bridgehead atoms. The minimum Gasteiger partial charge on any atom is -0.340 e. The minimum absolute atomic E-state index is 0. The minimum atomic E-state index is 0. The van der Waals surface area contributed by atoms with Gasteiger partial charge < -0.3 is 10.6 Å². The van der Waals surface area contributed by atoms with E-state index in [1.165, 1.54) is 11.1 Å². The zero-order chi connectivity index (χ0) is 16.2. The molecule has 25 heavy (non-hydrogen) atoms. The first-order valence-electron chi connectivity index (χ1n) is 8.94. The van der Waals surface area contributed by atoms with Gasteiger partial charge >= 0.3 is 0 Å². The molecule has 2 aliphatic rings. The van der Waals surface area contributed by atoms with Crippen molar-refractivity contribution < 1.29 is 4.79 Å². The summed E-state index contributed by atoms with van der Waals surface area (Å²) in [4.78, 5) is 17.3. The van der Waals surface area contributed by atoms with Gasteiger partial charge in [0.25, 0.3) is 0 Å². The molecule has 1 heterocycles. The number of piperazine rings is 1. The Balaban J connectivity index is 0.00000156. The summed E-state index contributed by atoms with van der Waals surface area (Å²) in [6, 6.07) is 8.70. The third-order valence-corrected chi connectivity index (χ3v) is 5.45. The molecule has 0 radical (unpaired) electrons. The topological polar surface area (TPSA) is 49.6 Å². The lowest BCUT2D eigenvalue weighted by Gasteiger charge is -2.36. The molecule has 1 saturated heterocycles. The summed E-state index contributed by atoms with van der Waals surface area (Å²) in [6.45, 7) is 7.44. The van der Waals surface area contributed by atoms with E-state index in [0.717, 1.165) is 52.0 Å². The van der Waals surface area contributed by atoms with Gasteiger partial charge in [-0.2, -0.15) is 0 Å². The summed E-state index contributed by atoms with van der Waals surface area (Å²) in [5.74, 6) is 0.948. The SMILES string of the molecule is Cc1cccc(CN2CCN(C(=O)[C@@H]3CCC[C@@H]3CN)CC2)c1.Cl.Cl. The van der Waals surface area contributed by atoms with Crippen LogP contribution in [-0.2, 0) is 11.3 Å². The first kappa shape index (κ1) is 22.2. The maximum absolute atomic E-state index is 12.7. The van der Waals surface area contributed by atoms with Crippen molar-refractivity contribution in [3.05, 3.63) is 35.4 Å². The van der Waals surface area contributed by atoms with Crippen LogP contribution < -0.4 is 5.73 Å². The van der Waals surface area contributed by atoms with E-state index in [-0.39, 0.29) is 30.7 Å². The Morgan fingerprint density at radius 1 is 1.16 bits per heavy atom. The first-order chi connectivity index (χ1) is 11.2. The van der Waals surface area contributed by atoms with E-state index in [4.69, 9.17) is 5.73 Å². The average molecular weight is 388 g/mol. The fourth-order valence-corrected chi connectivity index (χ4v) is 4.07. The number of amides is 1. The molecule has 0 unspecified atom stereocenters. The molecule has 1 aliphatic carbocycles. The summed E-state index contributed by atoms with van der Waals surface area (Å²) in [6.07, 6.45) is 3.32. The molecule has 142 valence electrons. The highest BCUT2D eigenvalue weighted by Crippen LogP contribution is 2.32. The Morgan fingerprint density at radius 2 is 1.88 bits per heavy atom. The zero-order valence-corrected chi connectivity index (χ0v) is 16.7. The van der Waals surface area contributed by atoms with Gasteiger partial charge in [-0.15, -0.1) is 24.8 Å². The summed E-state index contributed by atoms with van der Waals surface area (Å²) < 4.78 is 0. The Bertz CT molecular complexity index is 547. The monoisotopic (exact) mass is 387 g/mol. The first-order valence-corrected chi connectivity index (χ1v) is 8.94. The van der Waals surface area contributed by atoms with Gasteiger partial charge in [-0.25, -0.2) is 0 Å². The number of carbonyl (C=O) groups is 1. The predicted molar refractivity (Wildman–Crippen MR) is 107 cm³/mol. The van der Waals surface area contributed by atoms with E-state index >= 15 is 0 Å². The second kappa shape index (κ2) is 10.4. The lowest BCUT2D eigenvalue weighted by molar-refractivity contribution is -0.138. The molecular formula is C19H31Cl2N3O. The van der Waals surface area contributed by atoms with Crippen molar-refractivity contribution in [2.45, 2.75) is 32.7 Å². The fourth-order valence-electron chi connectivity index (χ4n) is 4.07. The molecule has 3 rings (SSSR count). The lowest BCUT2D eigenvalue weighted by atomic mass is 9.94. The van der Waals surface area contributed by atoms with Crippen LogP contribution in [0.25, 0.3) is 0 Å². The highest BCUT2D eigenvalue weighted by molar-refractivity contribution is 5.85. The van der Waals surface area contributed by atoms with Crippen LogP contribution in [0.3, 0.4) is 0 Å². The Hall–Kier alpha value is -0.810. The van der Waals surface area contributed by atoms with Crippen LogP contribution >= 0.6 is 24.8 Å². The fraction of sp³-hybridized carbons (Fsp3) is 0.632. The normalized spacial score (nSPS) is 23.7. The molecule has 2 fully saturated rings. The smallest absolute Gasteiger partial charge is 0.226 e. The Morgan fingerprint density at radius 3 is 2.52 bits per heavy atom. The van der Waals surface area contributed by atoms with Gasteiger partial charge in [0.1, 0.15) is 0 Å². The molecule has 1 amide bonds. The molecule has 0 spiro atoms. The maximum atomic E-state index is 12.7. The highest BCUT2D eigenvalue weighted by Gasteiger charge is 2.35. The van der Waals surface area contributed by atoms with Gasteiger partial charge in [0.05, 0.1) is 0 Å². The Kier molecular flexibility index (Phi) is 9.22. The molecular weight excluding hydrogens is 357 g/mol. The maximum Gasteiger partial charge on any atom is 0.226 e. The number of nitrogens with zero attached hydrogens (tertiary/aromatic N) is 2. The largest absolute Gasteiger partial charge is 0.340 e. The third-order valence-electron chi connectivity index (χ3n) is 5.45. The number of benzene rings is 1. The van der Waals surface area contributed by atoms with Crippen molar-refractivity contribution in [1.29, 1.82) is 0 Å². The quantitative estimate of drug-likeness (QED) is 0.863. The molecule has 1 aliphatic heterocycles. The molecule has 6 heteroatoms. The van der Waals surface area contributed by atoms with Crippen molar-refractivity contribution in [3.8, 4) is 0 Å². The summed E-state index contributed by atoms with van der Waals surface area (Å²) in [5, 5.41) is 0. The van der Waals surface area contributed by atoms with Crippen LogP contribution in [-0.4, -0.2) is 48.4 Å². The van der Waals surface area contributed by atoms with Gasteiger partial charge in [0.2, 0.25) is 5.91 Å². The van der Waals surface area contributed by atoms with Crippen LogP contribution in [0.5, 0.6) is 0 Å². The van der Waals surface area contributed by atoms with Crippen molar-refractivity contribution in [2.24, 2.45) is 17.6 Å². The van der Waals surface area contributed by atoms with Crippen LogP contribution in [0.15, 0.2) is 24.3 Å². The number of halogens is 2. The van der Waals surface area contributed by atoms with E-state index in [2.05, 4.69) is 41.0 Å². The molecule has 4 nitrogen and oxygen atoms in total. The second-order valence-corrected chi connectivity index (χ2v) is 7.12. The second-order valence-electron chi connectivity index (χ2n) is 7.12. The van der Waals surface area contributed by atoms with Crippen LogP contribution in [0.4, 0.5) is 0 Å². The third kappa shape index (κ3) is 5.58. The number of carbonyl (C=O) groups excluding carboxylic acids is 1. The Labute approximate surface area is 163 Å². The predicted octanol–water partition coefficient (Wildman–Crippen LogP) is 2.86. The number of aryl methyl sites for hydroxylation is 1. The standard InChI is InChI=1S/C19H29N3O.2ClH/c1-15-4-2-5-16(12-15)14-21-8-10-22(11-9-21)19(23)18-7-3-6-17(18)13-20;;/h2,4-5,12,17-18H,3,6-11,13-14,20H2,1H3;2*1H/t17-,18-;;/m1../s1. The van der Waals surface area contributed by atoms with Gasteiger partial charge in [0, 0.05) is 38.6 Å². The number of nitrogens with two attached hydrogens (primary N) is 1. The van der Waals surface area contributed by atoms with E-state index < -0.39 is 0 Å². The van der Waals surface area contributed by atoms with Gasteiger partial charge in [-0.1, -0.05) is 36.2 Å². The molecule has 0 aromatic heterocycles. The number of rotatable bonds is 4. The van der Waals surface area contributed by atoms with E-state index in [0.29, 0.717) is 18.4 Å². The van der Waals surface area contributed by atoms with Gasteiger partial charge in [-0.05, 0) is 37.8 Å². The summed E-state index contributed by atoms with van der Waals surface area (Å²) in [5.41, 5.74) is 8.51. The molecule has 1 aromatic rings. The number of hydrogen-bond acceptors (Lipinski definition) is 3. The van der Waals surface area contributed by atoms with Crippen molar-refractivity contribution in [2.75, 3.05) is 32.7 Å². The molecule has 2 N–H and O–H groups in total. The number of hydrogen-bond donors (Lipinski definition) is 1.